The van der Waals surface area contributed by atoms with Crippen LogP contribution in [0.3, 0.4) is 0 Å². The van der Waals surface area contributed by atoms with Gasteiger partial charge in [0.25, 0.3) is 0 Å². The van der Waals surface area contributed by atoms with Gasteiger partial charge < -0.3 is 15.4 Å². The molecule has 132 valence electrons. The second-order valence-electron chi connectivity index (χ2n) is 5.67. The van der Waals surface area contributed by atoms with Crippen LogP contribution in [0.1, 0.15) is 11.5 Å². The molecule has 0 amide bonds. The second-order valence-corrected chi connectivity index (χ2v) is 5.67. The van der Waals surface area contributed by atoms with Crippen molar-refractivity contribution in [2.75, 3.05) is 24.7 Å². The first kappa shape index (κ1) is 17.3. The number of ether oxygens (including phenoxy) is 1. The van der Waals surface area contributed by atoms with Crippen molar-refractivity contribution < 1.29 is 9.53 Å². The van der Waals surface area contributed by atoms with Crippen LogP contribution in [-0.2, 0) is 16.1 Å². The number of para-hydroxylation sites is 1. The molecule has 0 saturated carbocycles. The van der Waals surface area contributed by atoms with E-state index in [1.54, 1.807) is 25.1 Å². The third-order valence-electron chi connectivity index (χ3n) is 3.44. The standard InChI is InChI=1S/C18H18N6O2/c1-24(2)18-22-15(21-17(19)23-18)11-26-16(25)10-9-13-8-7-12-5-3-4-6-14(12)20-13/h3-10H,11H2,1-2H3,(H2,19,21,22,23)/b10-9+. The zero-order valence-electron chi connectivity index (χ0n) is 14.5. The predicted molar refractivity (Wildman–Crippen MR) is 99.1 cm³/mol. The lowest BCUT2D eigenvalue weighted by Crippen LogP contribution is -2.17. The summed E-state index contributed by atoms with van der Waals surface area (Å²) in [5.41, 5.74) is 7.16. The van der Waals surface area contributed by atoms with Crippen LogP contribution in [0.25, 0.3) is 17.0 Å². The number of benzene rings is 1. The van der Waals surface area contributed by atoms with Crippen LogP contribution < -0.4 is 10.6 Å². The maximum Gasteiger partial charge on any atom is 0.331 e. The Bertz CT molecular complexity index is 971. The molecular weight excluding hydrogens is 332 g/mol. The van der Waals surface area contributed by atoms with Crippen molar-refractivity contribution in [3.63, 3.8) is 0 Å². The van der Waals surface area contributed by atoms with Gasteiger partial charge in [-0.25, -0.2) is 9.78 Å². The van der Waals surface area contributed by atoms with Gasteiger partial charge in [-0.3, -0.25) is 0 Å². The number of aromatic nitrogens is 4. The van der Waals surface area contributed by atoms with E-state index in [0.717, 1.165) is 10.9 Å². The lowest BCUT2D eigenvalue weighted by molar-refractivity contribution is -0.139. The summed E-state index contributed by atoms with van der Waals surface area (Å²) in [6, 6.07) is 11.5. The summed E-state index contributed by atoms with van der Waals surface area (Å²) >= 11 is 0. The minimum absolute atomic E-state index is 0.0747. The van der Waals surface area contributed by atoms with Crippen molar-refractivity contribution in [1.82, 2.24) is 19.9 Å². The van der Waals surface area contributed by atoms with Crippen molar-refractivity contribution >= 4 is 34.8 Å². The number of nitrogens with two attached hydrogens (primary N) is 1. The lowest BCUT2D eigenvalue weighted by Gasteiger charge is -2.11. The molecule has 0 aliphatic carbocycles. The van der Waals surface area contributed by atoms with Gasteiger partial charge in [-0.2, -0.15) is 15.0 Å². The third-order valence-corrected chi connectivity index (χ3v) is 3.44. The fourth-order valence-electron chi connectivity index (χ4n) is 2.20. The third kappa shape index (κ3) is 4.29. The minimum Gasteiger partial charge on any atom is -0.454 e. The number of nitrogens with zero attached hydrogens (tertiary/aromatic N) is 5. The van der Waals surface area contributed by atoms with Crippen LogP contribution in [0.4, 0.5) is 11.9 Å². The normalized spacial score (nSPS) is 11.0. The van der Waals surface area contributed by atoms with Gasteiger partial charge in [-0.1, -0.05) is 24.3 Å². The van der Waals surface area contributed by atoms with Crippen LogP contribution in [-0.4, -0.2) is 40.0 Å². The summed E-state index contributed by atoms with van der Waals surface area (Å²) in [5, 5.41) is 1.04. The molecular formula is C18H18N6O2. The van der Waals surface area contributed by atoms with Crippen LogP contribution in [0.2, 0.25) is 0 Å². The predicted octanol–water partition coefficient (Wildman–Crippen LogP) is 1.82. The van der Waals surface area contributed by atoms with E-state index in [-0.39, 0.29) is 18.4 Å². The van der Waals surface area contributed by atoms with Gasteiger partial charge in [-0.05, 0) is 18.2 Å². The van der Waals surface area contributed by atoms with E-state index in [1.807, 2.05) is 36.4 Å². The minimum atomic E-state index is -0.523. The molecule has 26 heavy (non-hydrogen) atoms. The van der Waals surface area contributed by atoms with Crippen molar-refractivity contribution in [3.8, 4) is 0 Å². The highest BCUT2D eigenvalue weighted by Gasteiger charge is 2.08. The fourth-order valence-corrected chi connectivity index (χ4v) is 2.20. The van der Waals surface area contributed by atoms with E-state index in [4.69, 9.17) is 10.5 Å². The number of pyridine rings is 1. The highest BCUT2D eigenvalue weighted by molar-refractivity contribution is 5.87. The van der Waals surface area contributed by atoms with Gasteiger partial charge >= 0.3 is 5.97 Å². The SMILES string of the molecule is CN(C)c1nc(N)nc(COC(=O)/C=C/c2ccc3ccccc3n2)n1. The molecule has 0 spiro atoms. The lowest BCUT2D eigenvalue weighted by atomic mass is 10.2. The number of carbonyl (C=O) groups excluding carboxylic acids is 1. The number of rotatable bonds is 5. The van der Waals surface area contributed by atoms with Gasteiger partial charge in [0.05, 0.1) is 11.2 Å². The summed E-state index contributed by atoms with van der Waals surface area (Å²) in [4.78, 5) is 30.2. The van der Waals surface area contributed by atoms with Crippen LogP contribution in [0.5, 0.6) is 0 Å². The van der Waals surface area contributed by atoms with Crippen molar-refractivity contribution in [3.05, 3.63) is 54.0 Å². The number of anilines is 2. The summed E-state index contributed by atoms with van der Waals surface area (Å²) in [5.74, 6) is 0.238. The number of nitrogen functional groups attached to an aromatic ring is 1. The van der Waals surface area contributed by atoms with Gasteiger partial charge in [0, 0.05) is 25.6 Å². The van der Waals surface area contributed by atoms with Crippen molar-refractivity contribution in [1.29, 1.82) is 0 Å². The molecule has 0 saturated heterocycles. The van der Waals surface area contributed by atoms with Crippen LogP contribution in [0.15, 0.2) is 42.5 Å². The zero-order chi connectivity index (χ0) is 18.5. The molecule has 0 bridgehead atoms. The fraction of sp³-hybridized carbons (Fsp3) is 0.167. The van der Waals surface area contributed by atoms with Crippen molar-refractivity contribution in [2.24, 2.45) is 0 Å². The Balaban J connectivity index is 1.64. The van der Waals surface area contributed by atoms with E-state index in [1.165, 1.54) is 6.08 Å². The maximum absolute atomic E-state index is 11.9. The molecule has 3 rings (SSSR count). The molecule has 8 nitrogen and oxygen atoms in total. The largest absolute Gasteiger partial charge is 0.454 e. The number of hydrogen-bond acceptors (Lipinski definition) is 8. The van der Waals surface area contributed by atoms with Crippen LogP contribution >= 0.6 is 0 Å². The first-order chi connectivity index (χ1) is 12.5. The quantitative estimate of drug-likeness (QED) is 0.548. The van der Waals surface area contributed by atoms with Gasteiger partial charge in [0.15, 0.2) is 12.4 Å². The Morgan fingerprint density at radius 1 is 1.12 bits per heavy atom. The monoisotopic (exact) mass is 350 g/mol. The molecule has 8 heteroatoms. The summed E-state index contributed by atoms with van der Waals surface area (Å²) in [6.07, 6.45) is 2.91. The molecule has 0 atom stereocenters. The van der Waals surface area contributed by atoms with E-state index in [2.05, 4.69) is 19.9 Å². The molecule has 0 aliphatic rings. The number of fused-ring (bicyclic) bond motifs is 1. The number of carbonyl (C=O) groups is 1. The van der Waals surface area contributed by atoms with E-state index >= 15 is 0 Å². The molecule has 2 aromatic heterocycles. The number of esters is 1. The average molecular weight is 350 g/mol. The van der Waals surface area contributed by atoms with Gasteiger partial charge in [0.2, 0.25) is 11.9 Å². The van der Waals surface area contributed by atoms with E-state index < -0.39 is 5.97 Å². The molecule has 0 unspecified atom stereocenters. The maximum atomic E-state index is 11.9. The first-order valence-electron chi connectivity index (χ1n) is 7.89. The molecule has 2 heterocycles. The average Bonchev–Trinajstić information content (AvgIpc) is 2.64. The Morgan fingerprint density at radius 2 is 1.92 bits per heavy atom. The molecule has 1 aromatic carbocycles. The first-order valence-corrected chi connectivity index (χ1v) is 7.89. The molecule has 0 radical (unpaired) electrons. The molecule has 0 fully saturated rings. The molecule has 3 aromatic rings. The molecule has 0 aliphatic heterocycles. The van der Waals surface area contributed by atoms with E-state index in [9.17, 15) is 4.79 Å². The Kier molecular flexibility index (Phi) is 5.02. The Hall–Kier alpha value is -3.55. The smallest absolute Gasteiger partial charge is 0.331 e. The number of hydrogen-bond donors (Lipinski definition) is 1. The van der Waals surface area contributed by atoms with Gasteiger partial charge in [-0.15, -0.1) is 0 Å². The van der Waals surface area contributed by atoms with E-state index in [0.29, 0.717) is 11.6 Å². The molecule has 2 N–H and O–H groups in total. The summed E-state index contributed by atoms with van der Waals surface area (Å²) in [6.45, 7) is -0.0954. The Morgan fingerprint density at radius 3 is 2.73 bits per heavy atom. The zero-order valence-corrected chi connectivity index (χ0v) is 14.5. The topological polar surface area (TPSA) is 107 Å². The highest BCUT2D eigenvalue weighted by Crippen LogP contribution is 2.12. The van der Waals surface area contributed by atoms with Gasteiger partial charge in [0.1, 0.15) is 0 Å². The van der Waals surface area contributed by atoms with Crippen molar-refractivity contribution in [2.45, 2.75) is 6.61 Å². The summed E-state index contributed by atoms with van der Waals surface area (Å²) < 4.78 is 5.15. The Labute approximate surface area is 150 Å². The summed E-state index contributed by atoms with van der Waals surface area (Å²) in [7, 11) is 3.56. The van der Waals surface area contributed by atoms with Crippen LogP contribution in [0, 0.1) is 0 Å². The second kappa shape index (κ2) is 7.56. The highest BCUT2D eigenvalue weighted by atomic mass is 16.5.